The summed E-state index contributed by atoms with van der Waals surface area (Å²) in [6.45, 7) is 0.201. The fraction of sp³-hybridized carbons (Fsp3) is 0.130. The topological polar surface area (TPSA) is 133 Å². The summed E-state index contributed by atoms with van der Waals surface area (Å²) in [6, 6.07) is 17.4. The molecule has 1 aliphatic carbocycles. The molecule has 32 heavy (non-hydrogen) atoms. The first-order valence-electron chi connectivity index (χ1n) is 9.88. The minimum absolute atomic E-state index is 0.0410. The number of carbonyl (C=O) groups is 3. The summed E-state index contributed by atoms with van der Waals surface area (Å²) in [7, 11) is 0. The van der Waals surface area contributed by atoms with Gasteiger partial charge in [0, 0.05) is 24.6 Å². The summed E-state index contributed by atoms with van der Waals surface area (Å²) in [6.07, 6.45) is 1.54. The number of benzene rings is 2. The highest BCUT2D eigenvalue weighted by molar-refractivity contribution is 5.94. The SMILES string of the molecule is O=C(O)/C=C/CNC(=O)c1cc(NC(=O)OCC2c3ccccc3-c3ccccc32)n[nH]1. The minimum Gasteiger partial charge on any atom is -0.478 e. The molecule has 2 amide bonds. The van der Waals surface area contributed by atoms with Crippen LogP contribution in [0.5, 0.6) is 0 Å². The highest BCUT2D eigenvalue weighted by atomic mass is 16.5. The number of aromatic nitrogens is 2. The van der Waals surface area contributed by atoms with Gasteiger partial charge in [0.25, 0.3) is 5.91 Å². The van der Waals surface area contributed by atoms with Crippen molar-refractivity contribution in [3.05, 3.63) is 83.6 Å². The van der Waals surface area contributed by atoms with E-state index in [-0.39, 0.29) is 30.6 Å². The van der Waals surface area contributed by atoms with Gasteiger partial charge >= 0.3 is 12.1 Å². The number of nitrogens with zero attached hydrogens (tertiary/aromatic N) is 1. The average Bonchev–Trinajstić information content (AvgIpc) is 3.38. The van der Waals surface area contributed by atoms with Crippen LogP contribution in [0, 0.1) is 0 Å². The van der Waals surface area contributed by atoms with Crippen LogP contribution in [0.3, 0.4) is 0 Å². The number of rotatable bonds is 7. The molecule has 0 saturated heterocycles. The molecular formula is C23H20N4O5. The van der Waals surface area contributed by atoms with Gasteiger partial charge in [-0.2, -0.15) is 5.10 Å². The Kier molecular flexibility index (Phi) is 5.98. The first-order valence-corrected chi connectivity index (χ1v) is 9.88. The second-order valence-corrected chi connectivity index (χ2v) is 7.07. The molecule has 0 atom stereocenters. The van der Waals surface area contributed by atoms with E-state index < -0.39 is 18.0 Å². The number of amides is 2. The maximum absolute atomic E-state index is 12.3. The van der Waals surface area contributed by atoms with Gasteiger partial charge < -0.3 is 15.2 Å². The highest BCUT2D eigenvalue weighted by Gasteiger charge is 2.29. The van der Waals surface area contributed by atoms with Gasteiger partial charge in [-0.25, -0.2) is 9.59 Å². The van der Waals surface area contributed by atoms with E-state index in [9.17, 15) is 14.4 Å². The largest absolute Gasteiger partial charge is 0.478 e. The van der Waals surface area contributed by atoms with Gasteiger partial charge in [-0.3, -0.25) is 15.2 Å². The molecule has 0 radical (unpaired) electrons. The molecule has 4 N–H and O–H groups in total. The van der Waals surface area contributed by atoms with E-state index in [1.807, 2.05) is 36.4 Å². The molecular weight excluding hydrogens is 412 g/mol. The number of carboxylic acid groups (broad SMARTS) is 1. The molecule has 2 aromatic carbocycles. The first-order chi connectivity index (χ1) is 15.5. The van der Waals surface area contributed by atoms with Gasteiger partial charge in [0.1, 0.15) is 12.3 Å². The van der Waals surface area contributed by atoms with E-state index >= 15 is 0 Å². The molecule has 0 fully saturated rings. The van der Waals surface area contributed by atoms with E-state index in [2.05, 4.69) is 33.0 Å². The maximum Gasteiger partial charge on any atom is 0.412 e. The van der Waals surface area contributed by atoms with Crippen molar-refractivity contribution in [2.75, 3.05) is 18.5 Å². The molecule has 0 spiro atoms. The average molecular weight is 432 g/mol. The third-order valence-corrected chi connectivity index (χ3v) is 5.04. The fourth-order valence-electron chi connectivity index (χ4n) is 3.65. The Balaban J connectivity index is 1.33. The zero-order valence-corrected chi connectivity index (χ0v) is 16.9. The van der Waals surface area contributed by atoms with Crippen molar-refractivity contribution in [1.82, 2.24) is 15.5 Å². The predicted molar refractivity (Wildman–Crippen MR) is 116 cm³/mol. The second-order valence-electron chi connectivity index (χ2n) is 7.07. The monoisotopic (exact) mass is 432 g/mol. The maximum atomic E-state index is 12.3. The van der Waals surface area contributed by atoms with E-state index in [0.29, 0.717) is 0 Å². The molecule has 9 nitrogen and oxygen atoms in total. The van der Waals surface area contributed by atoms with Crippen LogP contribution in [0.1, 0.15) is 27.5 Å². The Bertz CT molecular complexity index is 1150. The first kappa shape index (κ1) is 20.9. The molecule has 4 rings (SSSR count). The molecule has 0 bridgehead atoms. The van der Waals surface area contributed by atoms with Crippen LogP contribution in [0.15, 0.2) is 66.7 Å². The number of H-pyrrole nitrogens is 1. The van der Waals surface area contributed by atoms with Crippen LogP contribution in [0.25, 0.3) is 11.1 Å². The van der Waals surface area contributed by atoms with Crippen LogP contribution in [-0.4, -0.2) is 46.4 Å². The normalized spacial score (nSPS) is 12.2. The van der Waals surface area contributed by atoms with Crippen LogP contribution >= 0.6 is 0 Å². The number of hydrogen-bond donors (Lipinski definition) is 4. The van der Waals surface area contributed by atoms with Crippen molar-refractivity contribution in [3.8, 4) is 11.1 Å². The highest BCUT2D eigenvalue weighted by Crippen LogP contribution is 2.44. The Morgan fingerprint density at radius 3 is 2.38 bits per heavy atom. The van der Waals surface area contributed by atoms with Crippen molar-refractivity contribution in [2.45, 2.75) is 5.92 Å². The van der Waals surface area contributed by atoms with Crippen LogP contribution in [0.4, 0.5) is 10.6 Å². The standard InChI is InChI=1S/C23H20N4O5/c28-21(29)10-5-11-24-22(30)19-12-20(27-26-19)25-23(31)32-13-18-16-8-3-1-6-14(16)15-7-2-4-9-17(15)18/h1-10,12,18H,11,13H2,(H,24,30)(H,28,29)(H2,25,26,27,31)/b10-5+. The number of carbonyl (C=O) groups excluding carboxylic acids is 2. The van der Waals surface area contributed by atoms with Crippen LogP contribution in [0.2, 0.25) is 0 Å². The van der Waals surface area contributed by atoms with Gasteiger partial charge in [-0.1, -0.05) is 54.6 Å². The molecule has 1 aromatic heterocycles. The number of hydrogen-bond acceptors (Lipinski definition) is 5. The van der Waals surface area contributed by atoms with Gasteiger partial charge in [-0.15, -0.1) is 0 Å². The Hall–Kier alpha value is -4.40. The smallest absolute Gasteiger partial charge is 0.412 e. The van der Waals surface area contributed by atoms with Crippen molar-refractivity contribution in [1.29, 1.82) is 0 Å². The lowest BCUT2D eigenvalue weighted by atomic mass is 9.98. The van der Waals surface area contributed by atoms with E-state index in [1.54, 1.807) is 0 Å². The summed E-state index contributed by atoms with van der Waals surface area (Å²) < 4.78 is 5.45. The molecule has 0 saturated carbocycles. The summed E-state index contributed by atoms with van der Waals surface area (Å²) >= 11 is 0. The third kappa shape index (κ3) is 4.51. The molecule has 1 heterocycles. The number of aromatic amines is 1. The van der Waals surface area contributed by atoms with Crippen molar-refractivity contribution >= 4 is 23.8 Å². The molecule has 0 aliphatic heterocycles. The lowest BCUT2D eigenvalue weighted by molar-refractivity contribution is -0.131. The van der Waals surface area contributed by atoms with Gasteiger partial charge in [-0.05, 0) is 22.3 Å². The van der Waals surface area contributed by atoms with E-state index in [4.69, 9.17) is 9.84 Å². The van der Waals surface area contributed by atoms with E-state index in [0.717, 1.165) is 28.3 Å². The summed E-state index contributed by atoms with van der Waals surface area (Å²) in [5.74, 6) is -1.52. The van der Waals surface area contributed by atoms with Crippen LogP contribution < -0.4 is 10.6 Å². The number of nitrogens with one attached hydrogen (secondary N) is 3. The van der Waals surface area contributed by atoms with Crippen molar-refractivity contribution < 1.29 is 24.2 Å². The second kappa shape index (κ2) is 9.17. The zero-order chi connectivity index (χ0) is 22.5. The van der Waals surface area contributed by atoms with Gasteiger partial charge in [0.2, 0.25) is 0 Å². The van der Waals surface area contributed by atoms with Gasteiger partial charge in [0.15, 0.2) is 5.82 Å². The number of anilines is 1. The molecule has 3 aromatic rings. The quantitative estimate of drug-likeness (QED) is 0.424. The van der Waals surface area contributed by atoms with E-state index in [1.165, 1.54) is 12.1 Å². The van der Waals surface area contributed by atoms with Gasteiger partial charge in [0.05, 0.1) is 0 Å². The number of fused-ring (bicyclic) bond motifs is 3. The number of carboxylic acids is 1. The summed E-state index contributed by atoms with van der Waals surface area (Å²) in [4.78, 5) is 34.7. The number of ether oxygens (including phenoxy) is 1. The molecule has 0 unspecified atom stereocenters. The molecule has 162 valence electrons. The third-order valence-electron chi connectivity index (χ3n) is 5.04. The minimum atomic E-state index is -1.10. The number of aliphatic carboxylic acids is 1. The predicted octanol–water partition coefficient (Wildman–Crippen LogP) is 3.14. The van der Waals surface area contributed by atoms with Crippen molar-refractivity contribution in [2.24, 2.45) is 0 Å². The zero-order valence-electron chi connectivity index (χ0n) is 16.9. The molecule has 9 heteroatoms. The Morgan fingerprint density at radius 1 is 1.06 bits per heavy atom. The van der Waals surface area contributed by atoms with Crippen molar-refractivity contribution in [3.63, 3.8) is 0 Å². The summed E-state index contributed by atoms with van der Waals surface area (Å²) in [5.41, 5.74) is 4.61. The lowest BCUT2D eigenvalue weighted by Gasteiger charge is -2.14. The van der Waals surface area contributed by atoms with Crippen LogP contribution in [-0.2, 0) is 9.53 Å². The lowest BCUT2D eigenvalue weighted by Crippen LogP contribution is -2.23. The Labute approximate surface area is 183 Å². The summed E-state index contributed by atoms with van der Waals surface area (Å²) in [5, 5.41) is 19.9. The molecule has 1 aliphatic rings. The fourth-order valence-corrected chi connectivity index (χ4v) is 3.65. The Morgan fingerprint density at radius 2 is 1.72 bits per heavy atom.